The van der Waals surface area contributed by atoms with Gasteiger partial charge in [0.1, 0.15) is 11.1 Å². The molecule has 1 fully saturated rings. The van der Waals surface area contributed by atoms with Crippen molar-refractivity contribution in [2.24, 2.45) is 0 Å². The SMILES string of the molecule is COc1nc(CNC(=O)c2cc3ccccc3oc2=O)nc(N2CCOCC2)n1. The standard InChI is InChI=1S/C19H19N5O5/c1-27-19-22-15(21-18(23-19)24-6-8-28-9-7-24)11-20-16(25)13-10-12-4-2-3-5-14(12)29-17(13)26/h2-5,10H,6-9,11H2,1H3,(H,20,25). The van der Waals surface area contributed by atoms with Gasteiger partial charge in [0.15, 0.2) is 5.82 Å². The van der Waals surface area contributed by atoms with Gasteiger partial charge in [-0.1, -0.05) is 18.2 Å². The molecule has 0 bridgehead atoms. The molecule has 0 radical (unpaired) electrons. The molecule has 0 atom stereocenters. The third kappa shape index (κ3) is 4.16. The number of methoxy groups -OCH3 is 1. The molecule has 0 unspecified atom stereocenters. The van der Waals surface area contributed by atoms with Crippen molar-refractivity contribution in [3.8, 4) is 6.01 Å². The Labute approximate surface area is 165 Å². The number of morpholine rings is 1. The van der Waals surface area contributed by atoms with Crippen molar-refractivity contribution in [3.63, 3.8) is 0 Å². The molecule has 1 aliphatic rings. The van der Waals surface area contributed by atoms with Crippen molar-refractivity contribution >= 4 is 22.8 Å². The molecule has 3 heterocycles. The Morgan fingerprint density at radius 2 is 2.00 bits per heavy atom. The van der Waals surface area contributed by atoms with Gasteiger partial charge in [0.05, 0.1) is 26.9 Å². The number of carbonyl (C=O) groups is 1. The first-order valence-electron chi connectivity index (χ1n) is 9.07. The molecule has 2 aromatic heterocycles. The zero-order chi connectivity index (χ0) is 20.2. The summed E-state index contributed by atoms with van der Waals surface area (Å²) in [5, 5.41) is 3.31. The molecule has 1 N–H and O–H groups in total. The Balaban J connectivity index is 1.53. The fourth-order valence-electron chi connectivity index (χ4n) is 2.94. The lowest BCUT2D eigenvalue weighted by Gasteiger charge is -2.26. The lowest BCUT2D eigenvalue weighted by molar-refractivity contribution is 0.0946. The van der Waals surface area contributed by atoms with Crippen LogP contribution in [0.25, 0.3) is 11.0 Å². The van der Waals surface area contributed by atoms with Crippen LogP contribution in [0.15, 0.2) is 39.5 Å². The van der Waals surface area contributed by atoms with Gasteiger partial charge in [0.25, 0.3) is 5.91 Å². The highest BCUT2D eigenvalue weighted by atomic mass is 16.5. The third-order valence-electron chi connectivity index (χ3n) is 4.42. The molecule has 3 aromatic rings. The Hall–Kier alpha value is -3.53. The van der Waals surface area contributed by atoms with E-state index >= 15 is 0 Å². The molecular formula is C19H19N5O5. The average molecular weight is 397 g/mol. The lowest BCUT2D eigenvalue weighted by Crippen LogP contribution is -2.38. The van der Waals surface area contributed by atoms with Gasteiger partial charge in [-0.3, -0.25) is 4.79 Å². The van der Waals surface area contributed by atoms with Crippen molar-refractivity contribution < 1.29 is 18.7 Å². The monoisotopic (exact) mass is 397 g/mol. The number of hydrogen-bond donors (Lipinski definition) is 1. The van der Waals surface area contributed by atoms with Gasteiger partial charge in [-0.25, -0.2) is 4.79 Å². The summed E-state index contributed by atoms with van der Waals surface area (Å²) in [6, 6.07) is 8.64. The van der Waals surface area contributed by atoms with Crippen molar-refractivity contribution in [2.75, 3.05) is 38.3 Å². The minimum Gasteiger partial charge on any atom is -0.467 e. The van der Waals surface area contributed by atoms with Gasteiger partial charge in [0.2, 0.25) is 5.95 Å². The van der Waals surface area contributed by atoms with Crippen LogP contribution in [0.1, 0.15) is 16.2 Å². The van der Waals surface area contributed by atoms with Gasteiger partial charge in [-0.2, -0.15) is 15.0 Å². The molecule has 29 heavy (non-hydrogen) atoms. The quantitative estimate of drug-likeness (QED) is 0.622. The molecule has 1 amide bonds. The lowest BCUT2D eigenvalue weighted by atomic mass is 10.2. The second-order valence-corrected chi connectivity index (χ2v) is 6.31. The van der Waals surface area contributed by atoms with Gasteiger partial charge in [0, 0.05) is 18.5 Å². The van der Waals surface area contributed by atoms with Crippen LogP contribution >= 0.6 is 0 Å². The van der Waals surface area contributed by atoms with Crippen LogP contribution in [0.2, 0.25) is 0 Å². The van der Waals surface area contributed by atoms with Crippen LogP contribution in [-0.2, 0) is 11.3 Å². The topological polar surface area (TPSA) is 120 Å². The van der Waals surface area contributed by atoms with E-state index in [-0.39, 0.29) is 18.1 Å². The van der Waals surface area contributed by atoms with E-state index < -0.39 is 11.5 Å². The summed E-state index contributed by atoms with van der Waals surface area (Å²) in [7, 11) is 1.46. The normalized spacial score (nSPS) is 14.0. The molecule has 0 aliphatic carbocycles. The Morgan fingerprint density at radius 1 is 1.21 bits per heavy atom. The van der Waals surface area contributed by atoms with E-state index in [1.165, 1.54) is 13.2 Å². The number of nitrogens with zero attached hydrogens (tertiary/aromatic N) is 4. The number of benzene rings is 1. The van der Waals surface area contributed by atoms with Crippen LogP contribution < -0.4 is 20.6 Å². The molecule has 1 aromatic carbocycles. The highest BCUT2D eigenvalue weighted by molar-refractivity contribution is 5.96. The number of anilines is 1. The van der Waals surface area contributed by atoms with Gasteiger partial charge >= 0.3 is 11.6 Å². The number of para-hydroxylation sites is 1. The number of rotatable bonds is 5. The van der Waals surface area contributed by atoms with E-state index in [1.807, 2.05) is 4.90 Å². The van der Waals surface area contributed by atoms with Crippen molar-refractivity contribution in [1.82, 2.24) is 20.3 Å². The van der Waals surface area contributed by atoms with E-state index in [0.717, 1.165) is 0 Å². The molecule has 4 rings (SSSR count). The number of ether oxygens (including phenoxy) is 2. The minimum atomic E-state index is -0.705. The maximum absolute atomic E-state index is 12.5. The maximum Gasteiger partial charge on any atom is 0.349 e. The smallest absolute Gasteiger partial charge is 0.349 e. The van der Waals surface area contributed by atoms with E-state index in [4.69, 9.17) is 13.9 Å². The fourth-order valence-corrected chi connectivity index (χ4v) is 2.94. The molecular weight excluding hydrogens is 378 g/mol. The number of aromatic nitrogens is 3. The van der Waals surface area contributed by atoms with E-state index in [0.29, 0.717) is 49.0 Å². The van der Waals surface area contributed by atoms with E-state index in [9.17, 15) is 9.59 Å². The van der Waals surface area contributed by atoms with Crippen molar-refractivity contribution in [1.29, 1.82) is 0 Å². The van der Waals surface area contributed by atoms with Gasteiger partial charge in [-0.15, -0.1) is 0 Å². The first kappa shape index (κ1) is 18.8. The van der Waals surface area contributed by atoms with Gasteiger partial charge < -0.3 is 24.1 Å². The Morgan fingerprint density at radius 3 is 2.79 bits per heavy atom. The van der Waals surface area contributed by atoms with Crippen molar-refractivity contribution in [3.05, 3.63) is 52.1 Å². The van der Waals surface area contributed by atoms with Crippen LogP contribution in [0, 0.1) is 0 Å². The number of carbonyl (C=O) groups excluding carboxylic acids is 1. The van der Waals surface area contributed by atoms with Crippen LogP contribution in [-0.4, -0.2) is 54.3 Å². The first-order valence-corrected chi connectivity index (χ1v) is 9.07. The first-order chi connectivity index (χ1) is 14.1. The molecule has 1 aliphatic heterocycles. The summed E-state index contributed by atoms with van der Waals surface area (Å²) >= 11 is 0. The second-order valence-electron chi connectivity index (χ2n) is 6.31. The predicted octanol–water partition coefficient (Wildman–Crippen LogP) is 0.753. The Kier molecular flexibility index (Phi) is 5.34. The summed E-state index contributed by atoms with van der Waals surface area (Å²) in [6.07, 6.45) is 0. The summed E-state index contributed by atoms with van der Waals surface area (Å²) in [5.41, 5.74) is -0.368. The molecule has 0 saturated carbocycles. The summed E-state index contributed by atoms with van der Waals surface area (Å²) in [4.78, 5) is 39.4. The van der Waals surface area contributed by atoms with Crippen LogP contribution in [0.5, 0.6) is 6.01 Å². The molecule has 0 spiro atoms. The fraction of sp³-hybridized carbons (Fsp3) is 0.316. The summed E-state index contributed by atoms with van der Waals surface area (Å²) < 4.78 is 15.7. The second kappa shape index (κ2) is 8.23. The Bertz CT molecular complexity index is 1090. The molecule has 10 nitrogen and oxygen atoms in total. The van der Waals surface area contributed by atoms with E-state index in [1.54, 1.807) is 24.3 Å². The number of hydrogen-bond acceptors (Lipinski definition) is 9. The minimum absolute atomic E-state index is 0.00131. The van der Waals surface area contributed by atoms with Crippen LogP contribution in [0.4, 0.5) is 5.95 Å². The zero-order valence-electron chi connectivity index (χ0n) is 15.8. The maximum atomic E-state index is 12.5. The molecule has 150 valence electrons. The zero-order valence-corrected chi connectivity index (χ0v) is 15.8. The van der Waals surface area contributed by atoms with Crippen molar-refractivity contribution in [2.45, 2.75) is 6.54 Å². The largest absolute Gasteiger partial charge is 0.467 e. The van der Waals surface area contributed by atoms with E-state index in [2.05, 4.69) is 20.3 Å². The number of amides is 1. The third-order valence-corrected chi connectivity index (χ3v) is 4.42. The highest BCUT2D eigenvalue weighted by Crippen LogP contribution is 2.15. The van der Waals surface area contributed by atoms with Gasteiger partial charge in [-0.05, 0) is 12.1 Å². The molecule has 10 heteroatoms. The molecule has 1 saturated heterocycles. The highest BCUT2D eigenvalue weighted by Gasteiger charge is 2.18. The number of fused-ring (bicyclic) bond motifs is 1. The predicted molar refractivity (Wildman–Crippen MR) is 103 cm³/mol. The number of nitrogens with one attached hydrogen (secondary N) is 1. The summed E-state index contributed by atoms with van der Waals surface area (Å²) in [6.45, 7) is 2.46. The van der Waals surface area contributed by atoms with Crippen LogP contribution in [0.3, 0.4) is 0 Å². The summed E-state index contributed by atoms with van der Waals surface area (Å²) in [5.74, 6) is 0.197. The average Bonchev–Trinajstić information content (AvgIpc) is 2.77.